The Balaban J connectivity index is 1.63. The summed E-state index contributed by atoms with van der Waals surface area (Å²) in [5.41, 5.74) is 5.96. The number of amides is 3. The molecule has 0 spiro atoms. The van der Waals surface area contributed by atoms with E-state index in [2.05, 4.69) is 10.9 Å². The summed E-state index contributed by atoms with van der Waals surface area (Å²) in [6, 6.07) is 12.5. The molecule has 1 unspecified atom stereocenters. The molecule has 8 heteroatoms. The second-order valence-corrected chi connectivity index (χ2v) is 6.08. The quantitative estimate of drug-likeness (QED) is 0.558. The number of nitrogens with one attached hydrogen (secondary N) is 2. The molecule has 1 aliphatic rings. The number of benzene rings is 2. The zero-order valence-corrected chi connectivity index (χ0v) is 15.6. The molecule has 0 saturated carbocycles. The van der Waals surface area contributed by atoms with Gasteiger partial charge in [-0.25, -0.2) is 10.3 Å². The monoisotopic (exact) mass is 383 g/mol. The normalized spacial score (nSPS) is 16.2. The largest absolute Gasteiger partial charge is 0.497 e. The highest BCUT2D eigenvalue weighted by atomic mass is 16.5. The molecule has 1 atom stereocenters. The van der Waals surface area contributed by atoms with Crippen LogP contribution in [0.15, 0.2) is 48.5 Å². The number of imide groups is 1. The highest BCUT2D eigenvalue weighted by Gasteiger charge is 2.39. The third-order valence-electron chi connectivity index (χ3n) is 4.24. The van der Waals surface area contributed by atoms with E-state index >= 15 is 0 Å². The van der Waals surface area contributed by atoms with Crippen LogP contribution in [0.5, 0.6) is 11.5 Å². The van der Waals surface area contributed by atoms with E-state index in [4.69, 9.17) is 9.47 Å². The van der Waals surface area contributed by atoms with Crippen molar-refractivity contribution in [3.8, 4) is 11.5 Å². The summed E-state index contributed by atoms with van der Waals surface area (Å²) in [5.74, 6) is -0.00641. The molecule has 1 heterocycles. The van der Waals surface area contributed by atoms with Crippen molar-refractivity contribution in [2.75, 3.05) is 18.6 Å². The van der Waals surface area contributed by atoms with Crippen molar-refractivity contribution >= 4 is 23.4 Å². The zero-order chi connectivity index (χ0) is 20.1. The van der Waals surface area contributed by atoms with E-state index < -0.39 is 17.9 Å². The molecule has 2 aromatic carbocycles. The van der Waals surface area contributed by atoms with Crippen LogP contribution in [-0.4, -0.2) is 37.5 Å². The molecule has 1 aliphatic heterocycles. The second kappa shape index (κ2) is 8.53. The van der Waals surface area contributed by atoms with Gasteiger partial charge >= 0.3 is 0 Å². The zero-order valence-electron chi connectivity index (χ0n) is 15.6. The summed E-state index contributed by atoms with van der Waals surface area (Å²) >= 11 is 0. The highest BCUT2D eigenvalue weighted by Crippen LogP contribution is 2.25. The van der Waals surface area contributed by atoms with E-state index in [9.17, 15) is 14.4 Å². The third kappa shape index (κ3) is 4.12. The number of anilines is 1. The van der Waals surface area contributed by atoms with E-state index in [0.717, 1.165) is 4.90 Å². The Labute approximate surface area is 162 Å². The predicted molar refractivity (Wildman–Crippen MR) is 102 cm³/mol. The first-order valence-electron chi connectivity index (χ1n) is 8.83. The first-order valence-corrected chi connectivity index (χ1v) is 8.83. The lowest BCUT2D eigenvalue weighted by atomic mass is 10.2. The SMILES string of the molecule is CCOc1ccc(N2C(=O)CC(NNC(=O)c3cccc(OC)c3)C2=O)cc1. The van der Waals surface area contributed by atoms with Crippen LogP contribution >= 0.6 is 0 Å². The summed E-state index contributed by atoms with van der Waals surface area (Å²) in [6.45, 7) is 2.40. The smallest absolute Gasteiger partial charge is 0.265 e. The van der Waals surface area contributed by atoms with Crippen molar-refractivity contribution in [2.24, 2.45) is 0 Å². The van der Waals surface area contributed by atoms with E-state index in [0.29, 0.717) is 29.4 Å². The average Bonchev–Trinajstić information content (AvgIpc) is 3.00. The number of methoxy groups -OCH3 is 1. The Morgan fingerprint density at radius 2 is 1.89 bits per heavy atom. The van der Waals surface area contributed by atoms with Gasteiger partial charge in [0, 0.05) is 5.56 Å². The van der Waals surface area contributed by atoms with Gasteiger partial charge in [-0.1, -0.05) is 6.07 Å². The van der Waals surface area contributed by atoms with Crippen molar-refractivity contribution < 1.29 is 23.9 Å². The van der Waals surface area contributed by atoms with Crippen LogP contribution < -0.4 is 25.2 Å². The molecule has 0 radical (unpaired) electrons. The summed E-state index contributed by atoms with van der Waals surface area (Å²) in [6.07, 6.45) is -0.0512. The maximum absolute atomic E-state index is 12.6. The van der Waals surface area contributed by atoms with Crippen LogP contribution in [0, 0.1) is 0 Å². The summed E-state index contributed by atoms with van der Waals surface area (Å²) in [4.78, 5) is 38.3. The van der Waals surface area contributed by atoms with Gasteiger partial charge in [-0.2, -0.15) is 0 Å². The molecule has 0 bridgehead atoms. The molecule has 0 aliphatic carbocycles. The number of hydrogen-bond donors (Lipinski definition) is 2. The Bertz CT molecular complexity index is 882. The van der Waals surface area contributed by atoms with Crippen LogP contribution in [0.2, 0.25) is 0 Å². The predicted octanol–water partition coefficient (Wildman–Crippen LogP) is 1.66. The molecule has 0 aromatic heterocycles. The Hall–Kier alpha value is -3.39. The van der Waals surface area contributed by atoms with E-state index in [1.165, 1.54) is 7.11 Å². The van der Waals surface area contributed by atoms with Gasteiger partial charge in [-0.15, -0.1) is 0 Å². The van der Waals surface area contributed by atoms with Crippen LogP contribution in [-0.2, 0) is 9.59 Å². The van der Waals surface area contributed by atoms with Crippen LogP contribution in [0.3, 0.4) is 0 Å². The number of rotatable bonds is 7. The fourth-order valence-corrected chi connectivity index (χ4v) is 2.86. The second-order valence-electron chi connectivity index (χ2n) is 6.08. The molecular formula is C20H21N3O5. The Kier molecular flexibility index (Phi) is 5.90. The van der Waals surface area contributed by atoms with Gasteiger partial charge in [0.1, 0.15) is 17.5 Å². The first-order chi connectivity index (χ1) is 13.5. The van der Waals surface area contributed by atoms with Crippen molar-refractivity contribution in [3.63, 3.8) is 0 Å². The molecule has 1 saturated heterocycles. The molecule has 2 aromatic rings. The minimum atomic E-state index is -0.839. The molecular weight excluding hydrogens is 362 g/mol. The van der Waals surface area contributed by atoms with Gasteiger partial charge in [0.05, 0.1) is 25.8 Å². The molecule has 8 nitrogen and oxygen atoms in total. The van der Waals surface area contributed by atoms with Gasteiger partial charge in [0.25, 0.3) is 11.8 Å². The molecule has 1 fully saturated rings. The fourth-order valence-electron chi connectivity index (χ4n) is 2.86. The van der Waals surface area contributed by atoms with Crippen molar-refractivity contribution in [3.05, 3.63) is 54.1 Å². The number of nitrogens with zero attached hydrogens (tertiary/aromatic N) is 1. The molecule has 3 amide bonds. The Morgan fingerprint density at radius 3 is 2.57 bits per heavy atom. The van der Waals surface area contributed by atoms with Crippen molar-refractivity contribution in [1.82, 2.24) is 10.9 Å². The number of hydrazine groups is 1. The van der Waals surface area contributed by atoms with Gasteiger partial charge in [0.2, 0.25) is 5.91 Å². The Morgan fingerprint density at radius 1 is 1.14 bits per heavy atom. The first kappa shape index (κ1) is 19.4. The summed E-state index contributed by atoms with van der Waals surface area (Å²) < 4.78 is 10.5. The maximum Gasteiger partial charge on any atom is 0.265 e. The highest BCUT2D eigenvalue weighted by molar-refractivity contribution is 6.22. The van der Waals surface area contributed by atoms with Crippen LogP contribution in [0.1, 0.15) is 23.7 Å². The number of carbonyl (C=O) groups excluding carboxylic acids is 3. The molecule has 28 heavy (non-hydrogen) atoms. The van der Waals surface area contributed by atoms with Crippen LogP contribution in [0.4, 0.5) is 5.69 Å². The van der Waals surface area contributed by atoms with Gasteiger partial charge in [-0.05, 0) is 49.4 Å². The lowest BCUT2D eigenvalue weighted by molar-refractivity contribution is -0.121. The van der Waals surface area contributed by atoms with Gasteiger partial charge in [-0.3, -0.25) is 19.8 Å². The van der Waals surface area contributed by atoms with E-state index in [1.807, 2.05) is 6.92 Å². The maximum atomic E-state index is 12.6. The molecule has 3 rings (SSSR count). The molecule has 2 N–H and O–H groups in total. The minimum absolute atomic E-state index is 0.0512. The third-order valence-corrected chi connectivity index (χ3v) is 4.24. The molecule has 146 valence electrons. The summed E-state index contributed by atoms with van der Waals surface area (Å²) in [5, 5.41) is 0. The number of carbonyl (C=O) groups is 3. The topological polar surface area (TPSA) is 97.0 Å². The van der Waals surface area contributed by atoms with Gasteiger partial charge in [0.15, 0.2) is 0 Å². The average molecular weight is 383 g/mol. The van der Waals surface area contributed by atoms with Crippen molar-refractivity contribution in [1.29, 1.82) is 0 Å². The van der Waals surface area contributed by atoms with Crippen molar-refractivity contribution in [2.45, 2.75) is 19.4 Å². The fraction of sp³-hybridized carbons (Fsp3) is 0.250. The summed E-state index contributed by atoms with van der Waals surface area (Å²) in [7, 11) is 1.51. The lowest BCUT2D eigenvalue weighted by Gasteiger charge is -2.16. The van der Waals surface area contributed by atoms with E-state index in [1.54, 1.807) is 48.5 Å². The van der Waals surface area contributed by atoms with E-state index in [-0.39, 0.29) is 12.3 Å². The number of ether oxygens (including phenoxy) is 2. The standard InChI is InChI=1S/C20H21N3O5/c1-3-28-15-9-7-14(8-10-15)23-18(24)12-17(20(23)26)21-22-19(25)13-5-4-6-16(11-13)27-2/h4-11,17,21H,3,12H2,1-2H3,(H,22,25). The van der Waals surface area contributed by atoms with Crippen LogP contribution in [0.25, 0.3) is 0 Å². The minimum Gasteiger partial charge on any atom is -0.497 e. The van der Waals surface area contributed by atoms with Gasteiger partial charge < -0.3 is 9.47 Å². The number of hydrogen-bond acceptors (Lipinski definition) is 6. The lowest BCUT2D eigenvalue weighted by Crippen LogP contribution is -2.48.